The van der Waals surface area contributed by atoms with Crippen LogP contribution >= 0.6 is 23.1 Å². The van der Waals surface area contributed by atoms with Gasteiger partial charge in [-0.2, -0.15) is 0 Å². The van der Waals surface area contributed by atoms with E-state index in [4.69, 9.17) is 4.74 Å². The van der Waals surface area contributed by atoms with Gasteiger partial charge < -0.3 is 10.1 Å². The Morgan fingerprint density at radius 2 is 2.20 bits per heavy atom. The van der Waals surface area contributed by atoms with Crippen LogP contribution in [0.3, 0.4) is 0 Å². The Bertz CT molecular complexity index is 1120. The molecule has 1 amide bonds. The predicted molar refractivity (Wildman–Crippen MR) is 122 cm³/mol. The second-order valence-corrected chi connectivity index (χ2v) is 9.43. The summed E-state index contributed by atoms with van der Waals surface area (Å²) in [7, 11) is 0. The molecule has 1 saturated heterocycles. The van der Waals surface area contributed by atoms with E-state index in [9.17, 15) is 9.59 Å². The summed E-state index contributed by atoms with van der Waals surface area (Å²) < 4.78 is 7.87. The van der Waals surface area contributed by atoms with Crippen LogP contribution in [0, 0.1) is 13.8 Å². The number of aryl methyl sites for hydroxylation is 2. The third kappa shape index (κ3) is 4.77. The molecule has 1 N–H and O–H groups in total. The lowest BCUT2D eigenvalue weighted by molar-refractivity contribution is -0.119. The number of ether oxygens (including phenoxy) is 1. The Labute approximate surface area is 183 Å². The fourth-order valence-electron chi connectivity index (χ4n) is 3.47. The Balaban J connectivity index is 1.53. The molecule has 3 aromatic rings. The van der Waals surface area contributed by atoms with Gasteiger partial charge in [-0.05, 0) is 54.8 Å². The number of carbonyl (C=O) groups excluding carboxylic acids is 1. The van der Waals surface area contributed by atoms with Crippen molar-refractivity contribution in [3.05, 3.63) is 56.7 Å². The summed E-state index contributed by atoms with van der Waals surface area (Å²) in [5.41, 5.74) is 4.07. The summed E-state index contributed by atoms with van der Waals surface area (Å²) in [5.74, 6) is 0.134. The van der Waals surface area contributed by atoms with Crippen LogP contribution in [0.15, 0.2) is 39.6 Å². The van der Waals surface area contributed by atoms with E-state index in [0.29, 0.717) is 28.5 Å². The standard InChI is InChI=1S/C22H25N3O3S2/c1-14-5-6-16(10-15(14)2)12-25-21(27)20-18(7-9-29-20)24-22(25)30-13-19(26)23-11-17-4-3-8-28-17/h5-7,9-10,17H,3-4,8,11-13H2,1-2H3,(H,23,26). The normalized spacial score (nSPS) is 16.3. The fraction of sp³-hybridized carbons (Fsp3) is 0.409. The molecule has 6 nitrogen and oxygen atoms in total. The average Bonchev–Trinajstić information content (AvgIpc) is 3.42. The van der Waals surface area contributed by atoms with Crippen molar-refractivity contribution in [2.75, 3.05) is 18.9 Å². The number of benzene rings is 1. The van der Waals surface area contributed by atoms with Gasteiger partial charge in [0.25, 0.3) is 5.56 Å². The third-order valence-corrected chi connectivity index (χ3v) is 7.19. The number of amides is 1. The molecule has 0 aliphatic carbocycles. The third-order valence-electron chi connectivity index (χ3n) is 5.33. The number of hydrogen-bond donors (Lipinski definition) is 1. The first kappa shape index (κ1) is 21.1. The topological polar surface area (TPSA) is 73.2 Å². The van der Waals surface area contributed by atoms with Crippen molar-refractivity contribution in [1.82, 2.24) is 14.9 Å². The molecular weight excluding hydrogens is 418 g/mol. The number of hydrogen-bond acceptors (Lipinski definition) is 6. The number of rotatable bonds is 7. The minimum Gasteiger partial charge on any atom is -0.376 e. The zero-order valence-corrected chi connectivity index (χ0v) is 18.8. The number of nitrogens with zero attached hydrogens (tertiary/aromatic N) is 2. The highest BCUT2D eigenvalue weighted by Crippen LogP contribution is 2.22. The summed E-state index contributed by atoms with van der Waals surface area (Å²) in [6.07, 6.45) is 2.14. The van der Waals surface area contributed by atoms with Crippen molar-refractivity contribution in [3.63, 3.8) is 0 Å². The molecule has 8 heteroatoms. The second kappa shape index (κ2) is 9.32. The number of nitrogens with one attached hydrogen (secondary N) is 1. The van der Waals surface area contributed by atoms with Crippen LogP contribution in [-0.2, 0) is 16.1 Å². The predicted octanol–water partition coefficient (Wildman–Crippen LogP) is 3.51. The quantitative estimate of drug-likeness (QED) is 0.447. The van der Waals surface area contributed by atoms with E-state index < -0.39 is 0 Å². The first-order valence-electron chi connectivity index (χ1n) is 10.1. The van der Waals surface area contributed by atoms with Gasteiger partial charge in [0.1, 0.15) is 4.70 Å². The van der Waals surface area contributed by atoms with Crippen LogP contribution in [0.4, 0.5) is 0 Å². The van der Waals surface area contributed by atoms with E-state index in [1.165, 1.54) is 34.2 Å². The van der Waals surface area contributed by atoms with E-state index in [-0.39, 0.29) is 23.3 Å². The van der Waals surface area contributed by atoms with Gasteiger partial charge in [-0.1, -0.05) is 30.0 Å². The highest BCUT2D eigenvalue weighted by molar-refractivity contribution is 7.99. The molecule has 0 saturated carbocycles. The van der Waals surface area contributed by atoms with E-state index in [0.717, 1.165) is 25.0 Å². The summed E-state index contributed by atoms with van der Waals surface area (Å²) in [6, 6.07) is 8.06. The van der Waals surface area contributed by atoms with Crippen molar-refractivity contribution < 1.29 is 9.53 Å². The molecule has 0 bridgehead atoms. The van der Waals surface area contributed by atoms with Gasteiger partial charge in [-0.3, -0.25) is 14.2 Å². The lowest BCUT2D eigenvalue weighted by Crippen LogP contribution is -2.33. The Morgan fingerprint density at radius 1 is 1.33 bits per heavy atom. The lowest BCUT2D eigenvalue weighted by Gasteiger charge is -2.14. The van der Waals surface area contributed by atoms with Crippen molar-refractivity contribution >= 4 is 39.2 Å². The summed E-state index contributed by atoms with van der Waals surface area (Å²) in [4.78, 5) is 30.1. The van der Waals surface area contributed by atoms with Gasteiger partial charge in [0.15, 0.2) is 5.16 Å². The molecule has 0 spiro atoms. The maximum atomic E-state index is 13.1. The summed E-state index contributed by atoms with van der Waals surface area (Å²) in [5, 5.41) is 5.37. The molecule has 3 heterocycles. The molecule has 0 radical (unpaired) electrons. The maximum absolute atomic E-state index is 13.1. The minimum atomic E-state index is -0.0760. The number of carbonyl (C=O) groups is 1. The number of aromatic nitrogens is 2. The van der Waals surface area contributed by atoms with Gasteiger partial charge in [0.05, 0.1) is 23.9 Å². The van der Waals surface area contributed by atoms with E-state index in [1.54, 1.807) is 4.57 Å². The van der Waals surface area contributed by atoms with E-state index in [1.807, 2.05) is 17.5 Å². The zero-order chi connectivity index (χ0) is 21.1. The number of thiophene rings is 1. The first-order valence-corrected chi connectivity index (χ1v) is 11.9. The highest BCUT2D eigenvalue weighted by Gasteiger charge is 2.18. The molecule has 158 valence electrons. The van der Waals surface area contributed by atoms with Crippen LogP contribution in [0.2, 0.25) is 0 Å². The second-order valence-electron chi connectivity index (χ2n) is 7.57. The van der Waals surface area contributed by atoms with Crippen molar-refractivity contribution in [3.8, 4) is 0 Å². The van der Waals surface area contributed by atoms with Gasteiger partial charge in [-0.25, -0.2) is 4.98 Å². The van der Waals surface area contributed by atoms with E-state index in [2.05, 4.69) is 36.3 Å². The Kier molecular flexibility index (Phi) is 6.55. The zero-order valence-electron chi connectivity index (χ0n) is 17.1. The van der Waals surface area contributed by atoms with Crippen molar-refractivity contribution in [1.29, 1.82) is 0 Å². The molecule has 1 fully saturated rings. The van der Waals surface area contributed by atoms with Gasteiger partial charge in [0.2, 0.25) is 5.91 Å². The number of fused-ring (bicyclic) bond motifs is 1. The summed E-state index contributed by atoms with van der Waals surface area (Å²) >= 11 is 2.70. The molecule has 1 aliphatic rings. The highest BCUT2D eigenvalue weighted by atomic mass is 32.2. The van der Waals surface area contributed by atoms with E-state index >= 15 is 0 Å². The van der Waals surface area contributed by atoms with Crippen molar-refractivity contribution in [2.24, 2.45) is 0 Å². The molecule has 1 aliphatic heterocycles. The molecule has 4 rings (SSSR count). The van der Waals surface area contributed by atoms with Gasteiger partial charge in [-0.15, -0.1) is 11.3 Å². The van der Waals surface area contributed by atoms with Crippen LogP contribution in [0.5, 0.6) is 0 Å². The Morgan fingerprint density at radius 3 is 2.97 bits per heavy atom. The summed E-state index contributed by atoms with van der Waals surface area (Å²) in [6.45, 7) is 5.87. The maximum Gasteiger partial charge on any atom is 0.272 e. The fourth-order valence-corrected chi connectivity index (χ4v) is 5.08. The molecule has 30 heavy (non-hydrogen) atoms. The molecule has 1 unspecified atom stereocenters. The Hall–Kier alpha value is -2.16. The molecular formula is C22H25N3O3S2. The lowest BCUT2D eigenvalue weighted by atomic mass is 10.1. The van der Waals surface area contributed by atoms with Crippen LogP contribution in [0.25, 0.3) is 10.2 Å². The first-order chi connectivity index (χ1) is 14.5. The van der Waals surface area contributed by atoms with Gasteiger partial charge in [0, 0.05) is 13.2 Å². The van der Waals surface area contributed by atoms with Crippen LogP contribution in [-0.4, -0.2) is 40.5 Å². The minimum absolute atomic E-state index is 0.0597. The molecule has 1 aromatic carbocycles. The largest absolute Gasteiger partial charge is 0.376 e. The monoisotopic (exact) mass is 443 g/mol. The number of thioether (sulfide) groups is 1. The average molecular weight is 444 g/mol. The molecule has 1 atom stereocenters. The van der Waals surface area contributed by atoms with Gasteiger partial charge >= 0.3 is 0 Å². The van der Waals surface area contributed by atoms with Crippen molar-refractivity contribution in [2.45, 2.75) is 44.5 Å². The van der Waals surface area contributed by atoms with Crippen LogP contribution in [0.1, 0.15) is 29.5 Å². The smallest absolute Gasteiger partial charge is 0.272 e. The van der Waals surface area contributed by atoms with Crippen LogP contribution < -0.4 is 10.9 Å². The SMILES string of the molecule is Cc1ccc(Cn2c(SCC(=O)NCC3CCCO3)nc3ccsc3c2=O)cc1C. The molecule has 2 aromatic heterocycles.